The van der Waals surface area contributed by atoms with Crippen LogP contribution in [0.3, 0.4) is 0 Å². The highest BCUT2D eigenvalue weighted by Gasteiger charge is 2.03. The Morgan fingerprint density at radius 2 is 2.19 bits per heavy atom. The molecule has 88 valence electrons. The summed E-state index contributed by atoms with van der Waals surface area (Å²) >= 11 is 0. The Morgan fingerprint density at radius 1 is 1.44 bits per heavy atom. The molecule has 0 aliphatic rings. The van der Waals surface area contributed by atoms with E-state index in [9.17, 15) is 9.59 Å². The highest BCUT2D eigenvalue weighted by molar-refractivity contribution is 5.84. The summed E-state index contributed by atoms with van der Waals surface area (Å²) in [7, 11) is 2.76. The molecule has 8 nitrogen and oxygen atoms in total. The highest BCUT2D eigenvalue weighted by atomic mass is 16.5. The van der Waals surface area contributed by atoms with Gasteiger partial charge >= 0.3 is 11.7 Å². The van der Waals surface area contributed by atoms with Crippen LogP contribution < -0.4 is 5.69 Å². The van der Waals surface area contributed by atoms with E-state index in [0.717, 1.165) is 15.4 Å². The number of ether oxygens (including phenoxy) is 2. The third-order valence-corrected chi connectivity index (χ3v) is 1.72. The summed E-state index contributed by atoms with van der Waals surface area (Å²) in [4.78, 5) is 22.3. The lowest BCUT2D eigenvalue weighted by molar-refractivity contribution is -0.134. The topological polar surface area (TPSA) is 88.2 Å². The second-order valence-corrected chi connectivity index (χ2v) is 2.76. The lowest BCUT2D eigenvalue weighted by Gasteiger charge is -1.94. The zero-order valence-electron chi connectivity index (χ0n) is 8.99. The van der Waals surface area contributed by atoms with Crippen molar-refractivity contribution >= 4 is 12.2 Å². The molecule has 0 bridgehead atoms. The largest absolute Gasteiger partial charge is 0.466 e. The number of esters is 1. The minimum atomic E-state index is -0.571. The van der Waals surface area contributed by atoms with E-state index in [-0.39, 0.29) is 0 Å². The third kappa shape index (κ3) is 3.02. The molecule has 0 aliphatic carbocycles. The second kappa shape index (κ2) is 5.81. The van der Waals surface area contributed by atoms with Crippen LogP contribution in [0.1, 0.15) is 0 Å². The van der Waals surface area contributed by atoms with Crippen LogP contribution >= 0.6 is 0 Å². The molecule has 0 saturated heterocycles. The van der Waals surface area contributed by atoms with Gasteiger partial charge < -0.3 is 9.47 Å². The SMILES string of the molecule is COCCn1nnn(/C=C/C(=O)OC)c1=O. The minimum Gasteiger partial charge on any atom is -0.466 e. The number of carbonyl (C=O) groups excluding carboxylic acids is 1. The number of hydrogen-bond acceptors (Lipinski definition) is 6. The first-order chi connectivity index (χ1) is 7.69. The molecule has 0 aromatic carbocycles. The van der Waals surface area contributed by atoms with Crippen LogP contribution in [0.5, 0.6) is 0 Å². The van der Waals surface area contributed by atoms with E-state index in [0.29, 0.717) is 13.2 Å². The fourth-order valence-corrected chi connectivity index (χ4v) is 0.897. The number of aromatic nitrogens is 4. The second-order valence-electron chi connectivity index (χ2n) is 2.76. The summed E-state index contributed by atoms with van der Waals surface area (Å²) in [6, 6.07) is 0. The molecule has 1 rings (SSSR count). The van der Waals surface area contributed by atoms with E-state index in [1.807, 2.05) is 0 Å². The van der Waals surface area contributed by atoms with Gasteiger partial charge in [0.15, 0.2) is 0 Å². The van der Waals surface area contributed by atoms with Crippen molar-refractivity contribution in [2.75, 3.05) is 20.8 Å². The van der Waals surface area contributed by atoms with Gasteiger partial charge in [-0.3, -0.25) is 0 Å². The molecule has 0 fully saturated rings. The van der Waals surface area contributed by atoms with Crippen LogP contribution in [0.25, 0.3) is 6.20 Å². The summed E-state index contributed by atoms with van der Waals surface area (Å²) in [5.41, 5.74) is -0.447. The predicted molar refractivity (Wildman–Crippen MR) is 53.5 cm³/mol. The molecular formula is C8H12N4O4. The van der Waals surface area contributed by atoms with Crippen LogP contribution in [0, 0.1) is 0 Å². The van der Waals surface area contributed by atoms with E-state index in [1.165, 1.54) is 20.4 Å². The molecule has 0 aliphatic heterocycles. The maximum atomic E-state index is 11.5. The Hall–Kier alpha value is -1.96. The normalized spacial score (nSPS) is 10.9. The van der Waals surface area contributed by atoms with Crippen molar-refractivity contribution in [1.82, 2.24) is 19.8 Å². The molecule has 1 aromatic heterocycles. The summed E-state index contributed by atoms with van der Waals surface area (Å²) in [5, 5.41) is 7.13. The van der Waals surface area contributed by atoms with Gasteiger partial charge in [-0.15, -0.1) is 0 Å². The number of methoxy groups -OCH3 is 2. The monoisotopic (exact) mass is 228 g/mol. The van der Waals surface area contributed by atoms with Gasteiger partial charge in [0, 0.05) is 19.4 Å². The Bertz CT molecular complexity index is 433. The molecule has 0 N–H and O–H groups in total. The molecule has 0 atom stereocenters. The summed E-state index contributed by atoms with van der Waals surface area (Å²) < 4.78 is 11.2. The quantitative estimate of drug-likeness (QED) is 0.461. The van der Waals surface area contributed by atoms with Crippen LogP contribution in [0.2, 0.25) is 0 Å². The minimum absolute atomic E-state index is 0.307. The van der Waals surface area contributed by atoms with Gasteiger partial charge in [-0.25, -0.2) is 9.59 Å². The van der Waals surface area contributed by atoms with E-state index >= 15 is 0 Å². The number of rotatable bonds is 5. The van der Waals surface area contributed by atoms with Crippen molar-refractivity contribution < 1.29 is 14.3 Å². The molecular weight excluding hydrogens is 216 g/mol. The van der Waals surface area contributed by atoms with E-state index in [4.69, 9.17) is 4.74 Å². The van der Waals surface area contributed by atoms with Crippen molar-refractivity contribution in [3.8, 4) is 0 Å². The van der Waals surface area contributed by atoms with Gasteiger partial charge in [-0.05, 0) is 10.4 Å². The molecule has 0 unspecified atom stereocenters. The lowest BCUT2D eigenvalue weighted by Crippen LogP contribution is -2.24. The molecule has 1 heterocycles. The average Bonchev–Trinajstić information content (AvgIpc) is 2.64. The standard InChI is InChI=1S/C8H12N4O4/c1-15-6-5-12-8(14)11(9-10-12)4-3-7(13)16-2/h3-4H,5-6H2,1-2H3/b4-3+. The van der Waals surface area contributed by atoms with E-state index < -0.39 is 11.7 Å². The molecule has 16 heavy (non-hydrogen) atoms. The first kappa shape index (κ1) is 12.1. The number of carbonyl (C=O) groups is 1. The molecule has 8 heteroatoms. The molecule has 1 aromatic rings. The zero-order valence-corrected chi connectivity index (χ0v) is 8.99. The van der Waals surface area contributed by atoms with Crippen LogP contribution in [0.4, 0.5) is 0 Å². The Kier molecular flexibility index (Phi) is 4.40. The highest BCUT2D eigenvalue weighted by Crippen LogP contribution is 1.82. The smallest absolute Gasteiger partial charge is 0.367 e. The Morgan fingerprint density at radius 3 is 2.81 bits per heavy atom. The van der Waals surface area contributed by atoms with Crippen molar-refractivity contribution in [3.05, 3.63) is 16.6 Å². The molecule has 0 amide bonds. The van der Waals surface area contributed by atoms with Crippen LogP contribution in [0.15, 0.2) is 10.9 Å². The summed E-state index contributed by atoms with van der Waals surface area (Å²) in [6.07, 6.45) is 2.27. The fraction of sp³-hybridized carbons (Fsp3) is 0.500. The van der Waals surface area contributed by atoms with Gasteiger partial charge in [0.25, 0.3) is 0 Å². The lowest BCUT2D eigenvalue weighted by atomic mass is 10.6. The van der Waals surface area contributed by atoms with Crippen LogP contribution in [-0.4, -0.2) is 46.6 Å². The maximum Gasteiger partial charge on any atom is 0.367 e. The zero-order chi connectivity index (χ0) is 12.0. The van der Waals surface area contributed by atoms with Gasteiger partial charge in [0.2, 0.25) is 0 Å². The van der Waals surface area contributed by atoms with Crippen molar-refractivity contribution in [2.24, 2.45) is 0 Å². The first-order valence-electron chi connectivity index (χ1n) is 4.46. The molecule has 0 spiro atoms. The van der Waals surface area contributed by atoms with Gasteiger partial charge in [0.05, 0.1) is 20.3 Å². The fourth-order valence-electron chi connectivity index (χ4n) is 0.897. The van der Waals surface area contributed by atoms with Gasteiger partial charge in [-0.2, -0.15) is 9.36 Å². The number of hydrogen-bond donors (Lipinski definition) is 0. The summed E-state index contributed by atoms with van der Waals surface area (Å²) in [5.74, 6) is -0.571. The van der Waals surface area contributed by atoms with Crippen molar-refractivity contribution in [1.29, 1.82) is 0 Å². The predicted octanol–water partition coefficient (Wildman–Crippen LogP) is -1.27. The first-order valence-corrected chi connectivity index (χ1v) is 4.46. The Labute approximate surface area is 91.0 Å². The number of tetrazole rings is 1. The van der Waals surface area contributed by atoms with Crippen molar-refractivity contribution in [3.63, 3.8) is 0 Å². The maximum absolute atomic E-state index is 11.5. The summed E-state index contributed by atoms with van der Waals surface area (Å²) in [6.45, 7) is 0.667. The van der Waals surface area contributed by atoms with E-state index in [1.54, 1.807) is 0 Å². The van der Waals surface area contributed by atoms with Gasteiger partial charge in [0.1, 0.15) is 0 Å². The Balaban J connectivity index is 2.76. The number of nitrogens with zero attached hydrogens (tertiary/aromatic N) is 4. The third-order valence-electron chi connectivity index (χ3n) is 1.72. The molecule has 0 radical (unpaired) electrons. The van der Waals surface area contributed by atoms with Gasteiger partial charge in [-0.1, -0.05) is 0 Å². The van der Waals surface area contributed by atoms with E-state index in [2.05, 4.69) is 15.2 Å². The molecule has 0 saturated carbocycles. The van der Waals surface area contributed by atoms with Crippen molar-refractivity contribution in [2.45, 2.75) is 6.54 Å². The average molecular weight is 228 g/mol. The van der Waals surface area contributed by atoms with Crippen LogP contribution in [-0.2, 0) is 20.8 Å².